The first-order chi connectivity index (χ1) is 16.4. The number of hydrogen-bond donors (Lipinski definition) is 1. The number of hydrogen-bond acceptors (Lipinski definition) is 1. The van der Waals surface area contributed by atoms with E-state index in [9.17, 15) is 9.18 Å². The fourth-order valence-electron chi connectivity index (χ4n) is 4.43. The van der Waals surface area contributed by atoms with Crippen molar-refractivity contribution in [2.75, 3.05) is 6.54 Å². The van der Waals surface area contributed by atoms with Crippen LogP contribution < -0.4 is 5.32 Å². The van der Waals surface area contributed by atoms with Crippen molar-refractivity contribution >= 4 is 16.8 Å². The Hall–Kier alpha value is -3.40. The topological polar surface area (TPSA) is 34.0 Å². The molecular formula is C30H33FN2O. The standard InChI is InChI=1S/C30H33FN2O/c1-21(2)16-17-32-30(34)18-27(24-12-14-25(31)15-13-24)28-20-33(29-7-5-4-6-26(28)29)19-23-10-8-22(3)9-11-23/h4-15,20-21,27H,16-19H2,1-3H3,(H,32,34)/t27-/m1/s1. The van der Waals surface area contributed by atoms with Crippen molar-refractivity contribution < 1.29 is 9.18 Å². The largest absolute Gasteiger partial charge is 0.356 e. The van der Waals surface area contributed by atoms with E-state index < -0.39 is 0 Å². The molecule has 1 N–H and O–H groups in total. The lowest BCUT2D eigenvalue weighted by molar-refractivity contribution is -0.121. The highest BCUT2D eigenvalue weighted by molar-refractivity contribution is 5.86. The zero-order valence-corrected chi connectivity index (χ0v) is 20.2. The summed E-state index contributed by atoms with van der Waals surface area (Å²) >= 11 is 0. The van der Waals surface area contributed by atoms with Gasteiger partial charge in [0.15, 0.2) is 0 Å². The monoisotopic (exact) mass is 456 g/mol. The van der Waals surface area contributed by atoms with Crippen LogP contribution in [0, 0.1) is 18.7 Å². The molecule has 34 heavy (non-hydrogen) atoms. The van der Waals surface area contributed by atoms with Crippen LogP contribution in [0.4, 0.5) is 4.39 Å². The molecule has 0 fully saturated rings. The Balaban J connectivity index is 1.70. The van der Waals surface area contributed by atoms with E-state index in [4.69, 9.17) is 0 Å². The van der Waals surface area contributed by atoms with Crippen molar-refractivity contribution in [1.29, 1.82) is 0 Å². The molecule has 1 heterocycles. The zero-order chi connectivity index (χ0) is 24.1. The van der Waals surface area contributed by atoms with Crippen molar-refractivity contribution in [3.05, 3.63) is 107 Å². The number of halogens is 1. The van der Waals surface area contributed by atoms with E-state index in [1.807, 2.05) is 12.1 Å². The quantitative estimate of drug-likeness (QED) is 0.295. The number of amides is 1. The molecule has 4 aromatic rings. The molecule has 0 aliphatic rings. The molecule has 0 bridgehead atoms. The fourth-order valence-corrected chi connectivity index (χ4v) is 4.43. The van der Waals surface area contributed by atoms with Gasteiger partial charge in [-0.25, -0.2) is 4.39 Å². The molecule has 3 nitrogen and oxygen atoms in total. The second-order valence-electron chi connectivity index (χ2n) is 9.56. The molecule has 0 saturated heterocycles. The van der Waals surface area contributed by atoms with Gasteiger partial charge in [0.05, 0.1) is 0 Å². The number of para-hydroxylation sites is 1. The summed E-state index contributed by atoms with van der Waals surface area (Å²) in [5.41, 5.74) is 5.63. The van der Waals surface area contributed by atoms with Gasteiger partial charge in [-0.05, 0) is 54.2 Å². The average Bonchev–Trinajstić information content (AvgIpc) is 3.17. The molecule has 0 spiro atoms. The summed E-state index contributed by atoms with van der Waals surface area (Å²) in [6.45, 7) is 7.80. The van der Waals surface area contributed by atoms with E-state index >= 15 is 0 Å². The van der Waals surface area contributed by atoms with Crippen LogP contribution in [0.1, 0.15) is 54.9 Å². The molecular weight excluding hydrogens is 423 g/mol. The second-order valence-corrected chi connectivity index (χ2v) is 9.56. The maximum absolute atomic E-state index is 13.7. The van der Waals surface area contributed by atoms with Crippen LogP contribution in [0.15, 0.2) is 79.0 Å². The summed E-state index contributed by atoms with van der Waals surface area (Å²) in [5, 5.41) is 4.20. The maximum atomic E-state index is 13.7. The third-order valence-electron chi connectivity index (χ3n) is 6.37. The van der Waals surface area contributed by atoms with Gasteiger partial charge >= 0.3 is 0 Å². The summed E-state index contributed by atoms with van der Waals surface area (Å²) < 4.78 is 16.0. The van der Waals surface area contributed by atoms with Gasteiger partial charge in [0.2, 0.25) is 5.91 Å². The van der Waals surface area contributed by atoms with Gasteiger partial charge in [-0.2, -0.15) is 0 Å². The summed E-state index contributed by atoms with van der Waals surface area (Å²) in [7, 11) is 0. The molecule has 1 aromatic heterocycles. The molecule has 176 valence electrons. The number of aryl methyl sites for hydroxylation is 1. The van der Waals surface area contributed by atoms with E-state index in [1.165, 1.54) is 23.3 Å². The molecule has 1 atom stereocenters. The third-order valence-corrected chi connectivity index (χ3v) is 6.37. The molecule has 0 aliphatic carbocycles. The van der Waals surface area contributed by atoms with Crippen LogP contribution in [-0.2, 0) is 11.3 Å². The normalized spacial score (nSPS) is 12.3. The highest BCUT2D eigenvalue weighted by Crippen LogP contribution is 2.35. The first kappa shape index (κ1) is 23.7. The van der Waals surface area contributed by atoms with Crippen LogP contribution in [0.5, 0.6) is 0 Å². The van der Waals surface area contributed by atoms with Gasteiger partial charge in [0, 0.05) is 42.5 Å². The lowest BCUT2D eigenvalue weighted by atomic mass is 9.88. The van der Waals surface area contributed by atoms with Gasteiger partial charge in [-0.3, -0.25) is 4.79 Å². The molecule has 0 saturated carbocycles. The number of aromatic nitrogens is 1. The summed E-state index contributed by atoms with van der Waals surface area (Å²) in [6.07, 6.45) is 3.44. The Kier molecular flexibility index (Phi) is 7.46. The highest BCUT2D eigenvalue weighted by Gasteiger charge is 2.23. The summed E-state index contributed by atoms with van der Waals surface area (Å²) in [4.78, 5) is 12.9. The van der Waals surface area contributed by atoms with Crippen molar-refractivity contribution in [2.24, 2.45) is 5.92 Å². The van der Waals surface area contributed by atoms with Crippen molar-refractivity contribution in [2.45, 2.75) is 46.1 Å². The highest BCUT2D eigenvalue weighted by atomic mass is 19.1. The fraction of sp³-hybridized carbons (Fsp3) is 0.300. The van der Waals surface area contributed by atoms with E-state index in [-0.39, 0.29) is 17.6 Å². The van der Waals surface area contributed by atoms with Gasteiger partial charge in [0.1, 0.15) is 5.82 Å². The van der Waals surface area contributed by atoms with Crippen LogP contribution in [0.2, 0.25) is 0 Å². The molecule has 1 amide bonds. The third kappa shape index (κ3) is 5.74. The molecule has 0 aliphatic heterocycles. The molecule has 4 rings (SSSR count). The molecule has 0 radical (unpaired) electrons. The molecule has 3 aromatic carbocycles. The van der Waals surface area contributed by atoms with E-state index in [0.717, 1.165) is 35.0 Å². The molecule has 4 heteroatoms. The van der Waals surface area contributed by atoms with Gasteiger partial charge in [-0.1, -0.05) is 74.0 Å². The van der Waals surface area contributed by atoms with Crippen LogP contribution >= 0.6 is 0 Å². The lowest BCUT2D eigenvalue weighted by Crippen LogP contribution is -2.27. The Labute approximate surface area is 201 Å². The van der Waals surface area contributed by atoms with Crippen molar-refractivity contribution in [3.8, 4) is 0 Å². The lowest BCUT2D eigenvalue weighted by Gasteiger charge is -2.18. The summed E-state index contributed by atoms with van der Waals surface area (Å²) in [5.74, 6) is 0.118. The predicted octanol–water partition coefficient (Wildman–Crippen LogP) is 6.82. The SMILES string of the molecule is Cc1ccc(Cn2cc([C@H](CC(=O)NCCC(C)C)c3ccc(F)cc3)c3ccccc32)cc1. The number of nitrogens with one attached hydrogen (secondary N) is 1. The van der Waals surface area contributed by atoms with Crippen LogP contribution in [0.25, 0.3) is 10.9 Å². The number of rotatable bonds is 9. The Morgan fingerprint density at radius 1 is 0.971 bits per heavy atom. The summed E-state index contributed by atoms with van der Waals surface area (Å²) in [6, 6.07) is 23.4. The van der Waals surface area contributed by atoms with E-state index in [2.05, 4.69) is 73.3 Å². The second kappa shape index (κ2) is 10.7. The Morgan fingerprint density at radius 2 is 1.68 bits per heavy atom. The van der Waals surface area contributed by atoms with E-state index in [0.29, 0.717) is 18.9 Å². The number of fused-ring (bicyclic) bond motifs is 1. The minimum absolute atomic E-state index is 0.0188. The smallest absolute Gasteiger partial charge is 0.220 e. The van der Waals surface area contributed by atoms with Crippen molar-refractivity contribution in [3.63, 3.8) is 0 Å². The maximum Gasteiger partial charge on any atom is 0.220 e. The zero-order valence-electron chi connectivity index (χ0n) is 20.2. The average molecular weight is 457 g/mol. The number of nitrogens with zero attached hydrogens (tertiary/aromatic N) is 1. The Bertz CT molecular complexity index is 1240. The predicted molar refractivity (Wildman–Crippen MR) is 138 cm³/mol. The number of carbonyl (C=O) groups is 1. The Morgan fingerprint density at radius 3 is 2.38 bits per heavy atom. The van der Waals surface area contributed by atoms with Gasteiger partial charge in [-0.15, -0.1) is 0 Å². The van der Waals surface area contributed by atoms with Crippen molar-refractivity contribution in [1.82, 2.24) is 9.88 Å². The minimum atomic E-state index is -0.273. The van der Waals surface area contributed by atoms with E-state index in [1.54, 1.807) is 12.1 Å². The first-order valence-corrected chi connectivity index (χ1v) is 12.1. The van der Waals surface area contributed by atoms with Gasteiger partial charge < -0.3 is 9.88 Å². The molecule has 0 unspecified atom stereocenters. The number of carbonyl (C=O) groups excluding carboxylic acids is 1. The van der Waals surface area contributed by atoms with Crippen LogP contribution in [-0.4, -0.2) is 17.0 Å². The van der Waals surface area contributed by atoms with Gasteiger partial charge in [0.25, 0.3) is 0 Å². The minimum Gasteiger partial charge on any atom is -0.356 e. The van der Waals surface area contributed by atoms with Crippen LogP contribution in [0.3, 0.4) is 0 Å². The first-order valence-electron chi connectivity index (χ1n) is 12.1. The number of benzene rings is 3.